The molecule has 2 aromatic carbocycles. The summed E-state index contributed by atoms with van der Waals surface area (Å²) >= 11 is 0. The quantitative estimate of drug-likeness (QED) is 0.377. The van der Waals surface area contributed by atoms with Crippen molar-refractivity contribution in [2.45, 2.75) is 19.1 Å². The molecule has 0 saturated heterocycles. The van der Waals surface area contributed by atoms with E-state index in [-0.39, 0.29) is 23.8 Å². The summed E-state index contributed by atoms with van der Waals surface area (Å²) < 4.78 is 24.9. The molecule has 0 aliphatic carbocycles. The van der Waals surface area contributed by atoms with Gasteiger partial charge in [-0.3, -0.25) is 14.0 Å². The SMILES string of the molecule is [C-]#[N+]Cn1c(=O)n(C2CCOc3cccc(F)c32)c2nc(-n3cnc4ccc([N+]#[C-])cc43)ncc21. The highest BCUT2D eigenvalue weighted by Gasteiger charge is 2.31. The van der Waals surface area contributed by atoms with Crippen LogP contribution in [0, 0.1) is 19.0 Å². The molecule has 0 saturated carbocycles. The number of hydrogen-bond donors (Lipinski definition) is 0. The van der Waals surface area contributed by atoms with Gasteiger partial charge in [0.25, 0.3) is 6.67 Å². The molecule has 6 rings (SSSR count). The molecule has 1 atom stereocenters. The predicted octanol–water partition coefficient (Wildman–Crippen LogP) is 3.87. The number of ether oxygens (including phenoxy) is 1. The van der Waals surface area contributed by atoms with Crippen LogP contribution in [0.15, 0.2) is 53.7 Å². The van der Waals surface area contributed by atoms with Crippen molar-refractivity contribution in [3.05, 3.63) is 93.6 Å². The van der Waals surface area contributed by atoms with Crippen molar-refractivity contribution in [2.75, 3.05) is 6.61 Å². The summed E-state index contributed by atoms with van der Waals surface area (Å²) in [5.41, 5.74) is 2.17. The number of hydrogen-bond acceptors (Lipinski definition) is 5. The summed E-state index contributed by atoms with van der Waals surface area (Å²) in [6.45, 7) is 14.7. The minimum atomic E-state index is -0.669. The molecule has 4 heterocycles. The molecule has 35 heavy (non-hydrogen) atoms. The lowest BCUT2D eigenvalue weighted by Crippen LogP contribution is -2.31. The zero-order valence-corrected chi connectivity index (χ0v) is 18.1. The number of halogens is 1. The van der Waals surface area contributed by atoms with Crippen molar-refractivity contribution in [1.82, 2.24) is 28.7 Å². The summed E-state index contributed by atoms with van der Waals surface area (Å²) in [7, 11) is 0. The molecule has 0 spiro atoms. The van der Waals surface area contributed by atoms with Crippen LogP contribution in [-0.2, 0) is 6.67 Å². The van der Waals surface area contributed by atoms with Gasteiger partial charge in [-0.25, -0.2) is 35.1 Å². The normalized spacial score (nSPS) is 14.9. The molecule has 0 amide bonds. The van der Waals surface area contributed by atoms with E-state index in [0.29, 0.717) is 41.0 Å². The molecule has 0 fully saturated rings. The van der Waals surface area contributed by atoms with Crippen LogP contribution in [-0.4, -0.2) is 35.3 Å². The lowest BCUT2D eigenvalue weighted by atomic mass is 9.99. The van der Waals surface area contributed by atoms with Crippen LogP contribution in [0.4, 0.5) is 10.1 Å². The number of imidazole rings is 2. The van der Waals surface area contributed by atoms with Crippen molar-refractivity contribution in [3.8, 4) is 11.7 Å². The van der Waals surface area contributed by atoms with Crippen molar-refractivity contribution >= 4 is 27.9 Å². The monoisotopic (exact) mass is 466 g/mol. The van der Waals surface area contributed by atoms with E-state index < -0.39 is 17.5 Å². The van der Waals surface area contributed by atoms with Crippen LogP contribution in [0.25, 0.3) is 37.8 Å². The number of aromatic nitrogens is 6. The summed E-state index contributed by atoms with van der Waals surface area (Å²) in [6, 6.07) is 8.99. The van der Waals surface area contributed by atoms with E-state index in [2.05, 4.69) is 24.6 Å². The van der Waals surface area contributed by atoms with Gasteiger partial charge in [-0.15, -0.1) is 0 Å². The molecule has 11 heteroatoms. The van der Waals surface area contributed by atoms with Gasteiger partial charge in [-0.1, -0.05) is 12.1 Å². The van der Waals surface area contributed by atoms with E-state index in [9.17, 15) is 9.18 Å². The number of benzene rings is 2. The van der Waals surface area contributed by atoms with Crippen molar-refractivity contribution in [3.63, 3.8) is 0 Å². The first-order valence-corrected chi connectivity index (χ1v) is 10.7. The lowest BCUT2D eigenvalue weighted by molar-refractivity contribution is 0.250. The summed E-state index contributed by atoms with van der Waals surface area (Å²) in [5, 5.41) is 0. The van der Waals surface area contributed by atoms with E-state index in [1.54, 1.807) is 41.2 Å². The van der Waals surface area contributed by atoms with Crippen molar-refractivity contribution < 1.29 is 9.13 Å². The van der Waals surface area contributed by atoms with Gasteiger partial charge in [0.05, 0.1) is 42.0 Å². The van der Waals surface area contributed by atoms with Crippen LogP contribution in [0.3, 0.4) is 0 Å². The largest absolute Gasteiger partial charge is 0.493 e. The number of rotatable bonds is 3. The molecule has 1 aliphatic rings. The van der Waals surface area contributed by atoms with E-state index in [4.69, 9.17) is 17.9 Å². The highest BCUT2D eigenvalue weighted by atomic mass is 19.1. The first-order chi connectivity index (χ1) is 17.1. The topological polar surface area (TPSA) is 88.5 Å². The molecular formula is C24H15FN8O2. The molecule has 1 unspecified atom stereocenters. The van der Waals surface area contributed by atoms with Crippen LogP contribution in [0.5, 0.6) is 5.75 Å². The second-order valence-electron chi connectivity index (χ2n) is 7.96. The van der Waals surface area contributed by atoms with Gasteiger partial charge in [0.2, 0.25) is 5.95 Å². The second-order valence-corrected chi connectivity index (χ2v) is 7.96. The Kier molecular flexibility index (Phi) is 4.57. The summed E-state index contributed by atoms with van der Waals surface area (Å²) in [4.78, 5) is 33.8. The molecule has 5 aromatic rings. The predicted molar refractivity (Wildman–Crippen MR) is 124 cm³/mol. The molecule has 170 valence electrons. The van der Waals surface area contributed by atoms with Gasteiger partial charge in [0.15, 0.2) is 11.3 Å². The Morgan fingerprint density at radius 1 is 1.17 bits per heavy atom. The third-order valence-electron chi connectivity index (χ3n) is 6.09. The number of fused-ring (bicyclic) bond motifs is 3. The van der Waals surface area contributed by atoms with Gasteiger partial charge in [0.1, 0.15) is 23.4 Å². The van der Waals surface area contributed by atoms with Crippen LogP contribution in [0.2, 0.25) is 0 Å². The van der Waals surface area contributed by atoms with Gasteiger partial charge in [0, 0.05) is 6.42 Å². The molecule has 3 aromatic heterocycles. The van der Waals surface area contributed by atoms with Gasteiger partial charge in [-0.2, -0.15) is 4.98 Å². The maximum atomic E-state index is 14.9. The summed E-state index contributed by atoms with van der Waals surface area (Å²) in [5.74, 6) is 0.129. The van der Waals surface area contributed by atoms with E-state index in [1.165, 1.54) is 21.4 Å². The fourth-order valence-corrected chi connectivity index (χ4v) is 4.53. The third-order valence-corrected chi connectivity index (χ3v) is 6.09. The fourth-order valence-electron chi connectivity index (χ4n) is 4.53. The Morgan fingerprint density at radius 3 is 2.89 bits per heavy atom. The molecule has 1 aliphatic heterocycles. The maximum absolute atomic E-state index is 14.9. The average Bonchev–Trinajstić information content (AvgIpc) is 3.42. The molecule has 0 radical (unpaired) electrons. The Hall–Kier alpha value is -5.03. The molecule has 0 bridgehead atoms. The van der Waals surface area contributed by atoms with Crippen molar-refractivity contribution in [1.29, 1.82) is 0 Å². The third kappa shape index (κ3) is 3.06. The average molecular weight is 466 g/mol. The second kappa shape index (κ2) is 7.78. The summed E-state index contributed by atoms with van der Waals surface area (Å²) in [6.07, 6.45) is 3.38. The van der Waals surface area contributed by atoms with Gasteiger partial charge in [-0.05, 0) is 24.3 Å². The van der Waals surface area contributed by atoms with E-state index >= 15 is 0 Å². The highest BCUT2D eigenvalue weighted by Crippen LogP contribution is 2.37. The van der Waals surface area contributed by atoms with Crippen LogP contribution >= 0.6 is 0 Å². The molecular weight excluding hydrogens is 451 g/mol. The zero-order valence-electron chi connectivity index (χ0n) is 18.1. The van der Waals surface area contributed by atoms with Gasteiger partial charge < -0.3 is 4.74 Å². The standard InChI is InChI=1S/C24H15FN8O2/c1-26-12-32-19-11-28-23(31-13-29-16-7-6-14(27-2)10-18(16)31)30-22(19)33(24(32)34)17-8-9-35-20-5-3-4-15(25)21(17)20/h3-7,10-11,13,17H,8-9,12H2. The van der Waals surface area contributed by atoms with E-state index in [1.807, 2.05) is 0 Å². The van der Waals surface area contributed by atoms with Crippen molar-refractivity contribution in [2.24, 2.45) is 0 Å². The maximum Gasteiger partial charge on any atom is 0.336 e. The van der Waals surface area contributed by atoms with Gasteiger partial charge >= 0.3 is 5.69 Å². The highest BCUT2D eigenvalue weighted by molar-refractivity contribution is 5.81. The van der Waals surface area contributed by atoms with Crippen LogP contribution in [0.1, 0.15) is 18.0 Å². The van der Waals surface area contributed by atoms with Crippen LogP contribution < -0.4 is 10.4 Å². The Morgan fingerprint density at radius 2 is 2.06 bits per heavy atom. The fraction of sp³-hybridized carbons (Fsp3) is 0.167. The smallest absolute Gasteiger partial charge is 0.336 e. The van der Waals surface area contributed by atoms with E-state index in [0.717, 1.165) is 0 Å². The molecule has 0 N–H and O–H groups in total. The Labute approximate surface area is 197 Å². The Balaban J connectivity index is 1.62. The minimum Gasteiger partial charge on any atom is -0.493 e. The Bertz CT molecular complexity index is 1790. The number of nitrogens with zero attached hydrogens (tertiary/aromatic N) is 8. The first-order valence-electron chi connectivity index (χ1n) is 10.7. The molecule has 10 nitrogen and oxygen atoms in total. The lowest BCUT2D eigenvalue weighted by Gasteiger charge is -2.27. The minimum absolute atomic E-state index is 0.221. The first kappa shape index (κ1) is 20.6. The zero-order chi connectivity index (χ0) is 24.1.